The van der Waals surface area contributed by atoms with Crippen LogP contribution in [0, 0.1) is 0 Å². The third-order valence-corrected chi connectivity index (χ3v) is 6.00. The molecule has 0 radical (unpaired) electrons. The molecule has 0 unspecified atom stereocenters. The van der Waals surface area contributed by atoms with Gasteiger partial charge in [-0.2, -0.15) is 0 Å². The van der Waals surface area contributed by atoms with Crippen LogP contribution in [0.2, 0.25) is 0 Å². The highest BCUT2D eigenvalue weighted by Gasteiger charge is 2.26. The van der Waals surface area contributed by atoms with Gasteiger partial charge in [-0.15, -0.1) is 0 Å². The molecule has 0 fully saturated rings. The Hall–Kier alpha value is -2.87. The van der Waals surface area contributed by atoms with Gasteiger partial charge in [0.05, 0.1) is 11.9 Å². The third kappa shape index (κ3) is 6.59. The maximum Gasteiger partial charge on any atom is 0.242 e. The van der Waals surface area contributed by atoms with Crippen molar-refractivity contribution in [1.82, 2.24) is 10.2 Å². The molecule has 2 rings (SSSR count). The van der Waals surface area contributed by atoms with E-state index in [1.807, 2.05) is 36.4 Å². The summed E-state index contributed by atoms with van der Waals surface area (Å²) in [5.74, 6) is -0.446. The predicted molar refractivity (Wildman–Crippen MR) is 118 cm³/mol. The first-order valence-corrected chi connectivity index (χ1v) is 11.7. The van der Waals surface area contributed by atoms with Gasteiger partial charge in [0, 0.05) is 26.6 Å². The maximum absolute atomic E-state index is 13.0. The van der Waals surface area contributed by atoms with Crippen molar-refractivity contribution in [2.75, 3.05) is 24.2 Å². The Morgan fingerprint density at radius 1 is 1.00 bits per heavy atom. The zero-order valence-corrected chi connectivity index (χ0v) is 18.4. The molecule has 8 heteroatoms. The molecule has 2 aromatic rings. The van der Waals surface area contributed by atoms with Gasteiger partial charge in [-0.1, -0.05) is 48.5 Å². The summed E-state index contributed by atoms with van der Waals surface area (Å²) in [5.41, 5.74) is 1.48. The van der Waals surface area contributed by atoms with Gasteiger partial charge in [0.2, 0.25) is 21.8 Å². The van der Waals surface area contributed by atoms with Gasteiger partial charge in [0.15, 0.2) is 0 Å². The number of nitrogens with zero attached hydrogens (tertiary/aromatic N) is 2. The second-order valence-electron chi connectivity index (χ2n) is 7.07. The minimum atomic E-state index is -3.47. The molecule has 1 N–H and O–H groups in total. The summed E-state index contributed by atoms with van der Waals surface area (Å²) < 4.78 is 25.7. The van der Waals surface area contributed by atoms with Crippen molar-refractivity contribution >= 4 is 27.5 Å². The van der Waals surface area contributed by atoms with Gasteiger partial charge in [-0.25, -0.2) is 8.42 Å². The van der Waals surface area contributed by atoms with E-state index in [0.29, 0.717) is 18.7 Å². The highest BCUT2D eigenvalue weighted by Crippen LogP contribution is 2.18. The van der Waals surface area contributed by atoms with Crippen LogP contribution in [0.4, 0.5) is 5.69 Å². The largest absolute Gasteiger partial charge is 0.357 e. The zero-order valence-electron chi connectivity index (χ0n) is 17.6. The Balaban J connectivity index is 2.09. The summed E-state index contributed by atoms with van der Waals surface area (Å²) in [7, 11) is -1.94. The van der Waals surface area contributed by atoms with Gasteiger partial charge in [-0.3, -0.25) is 13.9 Å². The molecule has 7 nitrogen and oxygen atoms in total. The molecule has 0 aromatic heterocycles. The molecule has 0 aliphatic carbocycles. The molecule has 1 atom stereocenters. The van der Waals surface area contributed by atoms with Crippen molar-refractivity contribution in [3.63, 3.8) is 0 Å². The van der Waals surface area contributed by atoms with E-state index < -0.39 is 16.1 Å². The molecular formula is C22H29N3O4S. The van der Waals surface area contributed by atoms with Crippen molar-refractivity contribution in [1.29, 1.82) is 0 Å². The van der Waals surface area contributed by atoms with Crippen molar-refractivity contribution in [2.45, 2.75) is 32.4 Å². The molecule has 2 amide bonds. The normalized spacial score (nSPS) is 12.1. The first-order chi connectivity index (χ1) is 14.2. The number of carbonyl (C=O) groups excluding carboxylic acids is 2. The Kier molecular flexibility index (Phi) is 8.41. The van der Waals surface area contributed by atoms with E-state index in [0.717, 1.165) is 11.8 Å². The second-order valence-corrected chi connectivity index (χ2v) is 8.98. The Morgan fingerprint density at radius 3 is 2.10 bits per heavy atom. The van der Waals surface area contributed by atoms with Crippen LogP contribution in [-0.2, 0) is 26.2 Å². The van der Waals surface area contributed by atoms with Gasteiger partial charge in [-0.05, 0) is 31.0 Å². The molecule has 162 valence electrons. The molecule has 2 aromatic carbocycles. The highest BCUT2D eigenvalue weighted by atomic mass is 32.2. The lowest BCUT2D eigenvalue weighted by Crippen LogP contribution is -2.46. The lowest BCUT2D eigenvalue weighted by atomic mass is 10.1. The van der Waals surface area contributed by atoms with E-state index in [1.165, 1.54) is 16.3 Å². The third-order valence-electron chi connectivity index (χ3n) is 4.81. The topological polar surface area (TPSA) is 86.8 Å². The number of likely N-dealkylation sites (N-methyl/N-ethyl adjacent to an activating group) is 1. The molecule has 0 heterocycles. The number of anilines is 1. The van der Waals surface area contributed by atoms with Gasteiger partial charge >= 0.3 is 0 Å². The van der Waals surface area contributed by atoms with Gasteiger partial charge < -0.3 is 10.2 Å². The highest BCUT2D eigenvalue weighted by molar-refractivity contribution is 7.92. The summed E-state index contributed by atoms with van der Waals surface area (Å²) in [6, 6.07) is 17.6. The average Bonchev–Trinajstić information content (AvgIpc) is 2.74. The van der Waals surface area contributed by atoms with Crippen molar-refractivity contribution in [3.05, 3.63) is 66.2 Å². The average molecular weight is 432 g/mol. The number of rotatable bonds is 10. The monoisotopic (exact) mass is 431 g/mol. The van der Waals surface area contributed by atoms with Crippen LogP contribution in [-0.4, -0.2) is 51.0 Å². The summed E-state index contributed by atoms with van der Waals surface area (Å²) in [6.45, 7) is 2.18. The number of hydrogen-bond donors (Lipinski definition) is 1. The predicted octanol–water partition coefficient (Wildman–Crippen LogP) is 2.40. The Bertz CT molecular complexity index is 933. The van der Waals surface area contributed by atoms with Crippen LogP contribution in [0.15, 0.2) is 60.7 Å². The minimum Gasteiger partial charge on any atom is -0.357 e. The van der Waals surface area contributed by atoms with E-state index in [9.17, 15) is 18.0 Å². The van der Waals surface area contributed by atoms with Crippen molar-refractivity contribution < 1.29 is 18.0 Å². The number of hydrogen-bond acceptors (Lipinski definition) is 4. The van der Waals surface area contributed by atoms with E-state index in [1.54, 1.807) is 31.2 Å². The van der Waals surface area contributed by atoms with Crippen LogP contribution in [0.25, 0.3) is 0 Å². The number of sulfonamides is 1. The molecule has 30 heavy (non-hydrogen) atoms. The minimum absolute atomic E-state index is 0.132. The fraction of sp³-hybridized carbons (Fsp3) is 0.364. The molecule has 0 aliphatic rings. The van der Waals surface area contributed by atoms with Crippen LogP contribution in [0.5, 0.6) is 0 Å². The maximum atomic E-state index is 13.0. The number of para-hydroxylation sites is 1. The molecular weight excluding hydrogens is 402 g/mol. The lowest BCUT2D eigenvalue weighted by molar-refractivity contribution is -0.140. The van der Waals surface area contributed by atoms with Crippen molar-refractivity contribution in [2.24, 2.45) is 0 Å². The van der Waals surface area contributed by atoms with Crippen LogP contribution >= 0.6 is 0 Å². The zero-order chi connectivity index (χ0) is 22.1. The number of carbonyl (C=O) groups is 2. The molecule has 0 saturated carbocycles. The fourth-order valence-corrected chi connectivity index (χ4v) is 4.14. The van der Waals surface area contributed by atoms with Gasteiger partial charge in [0.1, 0.15) is 6.04 Å². The Labute approximate surface area is 178 Å². The van der Waals surface area contributed by atoms with E-state index in [2.05, 4.69) is 5.32 Å². The quantitative estimate of drug-likeness (QED) is 0.626. The summed E-state index contributed by atoms with van der Waals surface area (Å²) in [4.78, 5) is 26.6. The van der Waals surface area contributed by atoms with Crippen LogP contribution in [0.3, 0.4) is 0 Å². The molecule has 0 aliphatic heterocycles. The van der Waals surface area contributed by atoms with E-state index in [4.69, 9.17) is 0 Å². The number of benzene rings is 2. The summed E-state index contributed by atoms with van der Waals surface area (Å²) in [6.07, 6.45) is 1.62. The first kappa shape index (κ1) is 23.4. The first-order valence-electron chi connectivity index (χ1n) is 9.81. The summed E-state index contributed by atoms with van der Waals surface area (Å²) >= 11 is 0. The fourth-order valence-electron chi connectivity index (χ4n) is 3.17. The van der Waals surface area contributed by atoms with Gasteiger partial charge in [0.25, 0.3) is 0 Å². The number of nitrogens with one attached hydrogen (secondary N) is 1. The lowest BCUT2D eigenvalue weighted by Gasteiger charge is -2.29. The number of amides is 2. The van der Waals surface area contributed by atoms with Crippen molar-refractivity contribution in [3.8, 4) is 0 Å². The Morgan fingerprint density at radius 2 is 1.57 bits per heavy atom. The molecule has 0 spiro atoms. The second kappa shape index (κ2) is 10.8. The molecule has 0 bridgehead atoms. The van der Waals surface area contributed by atoms with Crippen LogP contribution < -0.4 is 9.62 Å². The standard InChI is InChI=1S/C22H29N3O4S/c1-18(22(27)23-2)24(17-19-11-6-4-7-12-19)21(26)15-10-16-25(30(3,28)29)20-13-8-5-9-14-20/h4-9,11-14,18H,10,15-17H2,1-3H3,(H,23,27)/t18-/m0/s1. The van der Waals surface area contributed by atoms with Crippen LogP contribution in [0.1, 0.15) is 25.3 Å². The smallest absolute Gasteiger partial charge is 0.242 e. The van der Waals surface area contributed by atoms with E-state index in [-0.39, 0.29) is 24.8 Å². The van der Waals surface area contributed by atoms with E-state index >= 15 is 0 Å². The molecule has 0 saturated heterocycles. The summed E-state index contributed by atoms with van der Waals surface area (Å²) in [5, 5.41) is 2.58. The SMILES string of the molecule is CNC(=O)[C@H](C)N(Cc1ccccc1)C(=O)CCCN(c1ccccc1)S(C)(=O)=O.